The maximum absolute atomic E-state index is 11.9. The molecule has 1 heterocycles. The molecule has 0 radical (unpaired) electrons. The summed E-state index contributed by atoms with van der Waals surface area (Å²) in [5, 5.41) is 11.5. The molecule has 1 aliphatic rings. The molecule has 0 aromatic heterocycles. The molecule has 1 saturated heterocycles. The number of carboxylic acids is 1. The van der Waals surface area contributed by atoms with Crippen LogP contribution in [-0.4, -0.2) is 29.7 Å². The third kappa shape index (κ3) is 3.26. The average Bonchev–Trinajstić information content (AvgIpc) is 2.72. The Kier molecular flexibility index (Phi) is 4.09. The number of hydrogen-bond donors (Lipinski definition) is 2. The molecule has 19 heavy (non-hydrogen) atoms. The minimum Gasteiger partial charge on any atom is -0.481 e. The molecular weight excluding hydrogens is 312 g/mol. The first kappa shape index (κ1) is 13.9. The van der Waals surface area contributed by atoms with Crippen LogP contribution in [0, 0.1) is 6.92 Å². The molecule has 5 nitrogen and oxygen atoms in total. The van der Waals surface area contributed by atoms with Crippen molar-refractivity contribution in [1.82, 2.24) is 5.32 Å². The number of amides is 2. The molecule has 1 aromatic rings. The van der Waals surface area contributed by atoms with Gasteiger partial charge in [0, 0.05) is 29.2 Å². The van der Waals surface area contributed by atoms with Gasteiger partial charge in [-0.25, -0.2) is 4.79 Å². The third-order valence-corrected chi connectivity index (χ3v) is 4.00. The number of anilines is 1. The molecule has 6 heteroatoms. The van der Waals surface area contributed by atoms with Crippen molar-refractivity contribution in [1.29, 1.82) is 0 Å². The summed E-state index contributed by atoms with van der Waals surface area (Å²) < 4.78 is 0.951. The molecule has 0 bridgehead atoms. The lowest BCUT2D eigenvalue weighted by molar-refractivity contribution is -0.137. The monoisotopic (exact) mass is 326 g/mol. The minimum atomic E-state index is -0.842. The number of aliphatic carboxylic acids is 1. The number of benzene rings is 1. The number of nitrogens with one attached hydrogen (secondary N) is 1. The van der Waals surface area contributed by atoms with E-state index in [4.69, 9.17) is 5.11 Å². The van der Waals surface area contributed by atoms with E-state index in [-0.39, 0.29) is 18.5 Å². The first-order valence-corrected chi connectivity index (χ1v) is 6.82. The lowest BCUT2D eigenvalue weighted by atomic mass is 10.1. The predicted molar refractivity (Wildman–Crippen MR) is 75.4 cm³/mol. The average molecular weight is 327 g/mol. The van der Waals surface area contributed by atoms with Crippen molar-refractivity contribution >= 4 is 33.6 Å². The van der Waals surface area contributed by atoms with Gasteiger partial charge >= 0.3 is 12.0 Å². The highest BCUT2D eigenvalue weighted by molar-refractivity contribution is 9.10. The van der Waals surface area contributed by atoms with Crippen molar-refractivity contribution in [2.75, 3.05) is 11.4 Å². The van der Waals surface area contributed by atoms with Crippen molar-refractivity contribution in [2.45, 2.75) is 25.8 Å². The van der Waals surface area contributed by atoms with Crippen LogP contribution >= 0.6 is 15.9 Å². The second-order valence-corrected chi connectivity index (χ2v) is 5.48. The smallest absolute Gasteiger partial charge is 0.322 e. The van der Waals surface area contributed by atoms with Crippen LogP contribution in [0.15, 0.2) is 22.7 Å². The van der Waals surface area contributed by atoms with E-state index in [1.165, 1.54) is 0 Å². The molecule has 2 N–H and O–H groups in total. The zero-order valence-corrected chi connectivity index (χ0v) is 12.1. The second-order valence-electron chi connectivity index (χ2n) is 4.62. The number of carbonyl (C=O) groups is 2. The van der Waals surface area contributed by atoms with Crippen molar-refractivity contribution in [3.8, 4) is 0 Å². The zero-order chi connectivity index (χ0) is 14.0. The summed E-state index contributed by atoms with van der Waals surface area (Å²) in [7, 11) is 0. The number of halogens is 1. The first-order valence-electron chi connectivity index (χ1n) is 6.03. The van der Waals surface area contributed by atoms with E-state index < -0.39 is 5.97 Å². The van der Waals surface area contributed by atoms with E-state index in [9.17, 15) is 9.59 Å². The van der Waals surface area contributed by atoms with Gasteiger partial charge in [0.05, 0.1) is 0 Å². The molecular formula is C13H15BrN2O3. The van der Waals surface area contributed by atoms with Crippen LogP contribution in [0.4, 0.5) is 10.5 Å². The highest BCUT2D eigenvalue weighted by atomic mass is 79.9. The Balaban J connectivity index is 2.07. The number of urea groups is 1. The van der Waals surface area contributed by atoms with Gasteiger partial charge in [0.2, 0.25) is 0 Å². The van der Waals surface area contributed by atoms with Crippen molar-refractivity contribution in [2.24, 2.45) is 0 Å². The van der Waals surface area contributed by atoms with E-state index in [2.05, 4.69) is 21.2 Å². The molecule has 1 atom stereocenters. The van der Waals surface area contributed by atoms with Gasteiger partial charge in [-0.1, -0.05) is 22.0 Å². The minimum absolute atomic E-state index is 0.0659. The molecule has 1 aliphatic heterocycles. The Bertz CT molecular complexity index is 519. The molecule has 1 aromatic carbocycles. The zero-order valence-electron chi connectivity index (χ0n) is 10.5. The maximum Gasteiger partial charge on any atom is 0.322 e. The summed E-state index contributed by atoms with van der Waals surface area (Å²) in [6.07, 6.45) is 0.515. The Morgan fingerprint density at radius 1 is 1.58 bits per heavy atom. The van der Waals surface area contributed by atoms with E-state index >= 15 is 0 Å². The maximum atomic E-state index is 11.9. The predicted octanol–water partition coefficient (Wildman–Crippen LogP) is 2.52. The second kappa shape index (κ2) is 5.61. The van der Waals surface area contributed by atoms with Gasteiger partial charge in [0.15, 0.2) is 0 Å². The van der Waals surface area contributed by atoms with Gasteiger partial charge in [-0.2, -0.15) is 0 Å². The van der Waals surface area contributed by atoms with Gasteiger partial charge in [-0.3, -0.25) is 9.69 Å². The molecule has 2 rings (SSSR count). The fourth-order valence-corrected chi connectivity index (χ4v) is 2.40. The molecule has 0 spiro atoms. The van der Waals surface area contributed by atoms with E-state index in [0.29, 0.717) is 13.0 Å². The summed E-state index contributed by atoms with van der Waals surface area (Å²) >= 11 is 3.44. The number of carboxylic acid groups (broad SMARTS) is 1. The van der Waals surface area contributed by atoms with Crippen molar-refractivity contribution in [3.05, 3.63) is 28.2 Å². The summed E-state index contributed by atoms with van der Waals surface area (Å²) in [5.41, 5.74) is 1.92. The SMILES string of the molecule is Cc1ccc(N2CC(CCC(=O)O)NC2=O)cc1Br. The van der Waals surface area contributed by atoms with Crippen LogP contribution in [0.3, 0.4) is 0 Å². The van der Waals surface area contributed by atoms with Crippen molar-refractivity contribution < 1.29 is 14.7 Å². The number of nitrogens with zero attached hydrogens (tertiary/aromatic N) is 1. The molecule has 2 amide bonds. The standard InChI is InChI=1S/C13H15BrN2O3/c1-8-2-4-10(6-11(8)14)16-7-9(15-13(16)19)3-5-12(17)18/h2,4,6,9H,3,5,7H2,1H3,(H,15,19)(H,17,18). The molecule has 0 aliphatic carbocycles. The largest absolute Gasteiger partial charge is 0.481 e. The van der Waals surface area contributed by atoms with Crippen LogP contribution in [0.25, 0.3) is 0 Å². The Hall–Kier alpha value is -1.56. The van der Waals surface area contributed by atoms with Crippen LogP contribution in [0.1, 0.15) is 18.4 Å². The van der Waals surface area contributed by atoms with Gasteiger partial charge < -0.3 is 10.4 Å². The van der Waals surface area contributed by atoms with Crippen LogP contribution in [0.2, 0.25) is 0 Å². The van der Waals surface area contributed by atoms with Gasteiger partial charge in [0.1, 0.15) is 0 Å². The lowest BCUT2D eigenvalue weighted by Gasteiger charge is -2.15. The lowest BCUT2D eigenvalue weighted by Crippen LogP contribution is -2.28. The quantitative estimate of drug-likeness (QED) is 0.893. The third-order valence-electron chi connectivity index (χ3n) is 3.15. The molecule has 102 valence electrons. The van der Waals surface area contributed by atoms with Gasteiger partial charge in [-0.15, -0.1) is 0 Å². The summed E-state index contributed by atoms with van der Waals surface area (Å²) in [5.74, 6) is -0.842. The van der Waals surface area contributed by atoms with Crippen LogP contribution in [-0.2, 0) is 4.79 Å². The summed E-state index contributed by atoms with van der Waals surface area (Å²) in [4.78, 5) is 24.1. The van der Waals surface area contributed by atoms with E-state index in [1.807, 2.05) is 25.1 Å². The summed E-state index contributed by atoms with van der Waals surface area (Å²) in [6.45, 7) is 2.48. The topological polar surface area (TPSA) is 69.6 Å². The molecule has 1 fully saturated rings. The highest BCUT2D eigenvalue weighted by Gasteiger charge is 2.29. The van der Waals surface area contributed by atoms with Crippen molar-refractivity contribution in [3.63, 3.8) is 0 Å². The number of carbonyl (C=O) groups excluding carboxylic acids is 1. The fraction of sp³-hybridized carbons (Fsp3) is 0.385. The fourth-order valence-electron chi connectivity index (χ4n) is 2.03. The number of aryl methyl sites for hydroxylation is 1. The Morgan fingerprint density at radius 3 is 2.95 bits per heavy atom. The summed E-state index contributed by atoms with van der Waals surface area (Å²) in [6, 6.07) is 5.44. The van der Waals surface area contributed by atoms with E-state index in [1.54, 1.807) is 4.90 Å². The molecule has 1 unspecified atom stereocenters. The van der Waals surface area contributed by atoms with Gasteiger partial charge in [0.25, 0.3) is 0 Å². The van der Waals surface area contributed by atoms with E-state index in [0.717, 1.165) is 15.7 Å². The number of rotatable bonds is 4. The Labute approximate surface area is 119 Å². The van der Waals surface area contributed by atoms with Crippen LogP contribution < -0.4 is 10.2 Å². The normalized spacial score (nSPS) is 18.5. The molecule has 0 saturated carbocycles. The highest BCUT2D eigenvalue weighted by Crippen LogP contribution is 2.26. The first-order chi connectivity index (χ1) is 8.97. The number of hydrogen-bond acceptors (Lipinski definition) is 2. The Morgan fingerprint density at radius 2 is 2.32 bits per heavy atom. The van der Waals surface area contributed by atoms with Gasteiger partial charge in [-0.05, 0) is 31.0 Å². The van der Waals surface area contributed by atoms with Crippen LogP contribution in [0.5, 0.6) is 0 Å².